The molecule has 2 aliphatic rings. The van der Waals surface area contributed by atoms with E-state index in [1.54, 1.807) is 13.0 Å². The zero-order valence-corrected chi connectivity index (χ0v) is 13.4. The van der Waals surface area contributed by atoms with Gasteiger partial charge in [0.2, 0.25) is 5.91 Å². The average molecular weight is 328 g/mol. The topological polar surface area (TPSA) is 74.6 Å². The highest BCUT2D eigenvalue weighted by atomic mass is 35.5. The van der Waals surface area contributed by atoms with E-state index in [-0.39, 0.29) is 24.2 Å². The summed E-state index contributed by atoms with van der Waals surface area (Å²) in [6, 6.07) is 2.01. The van der Waals surface area contributed by atoms with Gasteiger partial charge >= 0.3 is 0 Å². The van der Waals surface area contributed by atoms with E-state index in [1.807, 2.05) is 4.90 Å². The van der Waals surface area contributed by atoms with Gasteiger partial charge in [-0.3, -0.25) is 9.59 Å². The maximum absolute atomic E-state index is 12.5. The SMILES string of the molecule is CC(NC(=O)c1ccoc1)C(=O)N1CCC2CCC(C1)N2.Cl. The van der Waals surface area contributed by atoms with Crippen LogP contribution in [0, 0.1) is 0 Å². The summed E-state index contributed by atoms with van der Waals surface area (Å²) in [5.74, 6) is -0.291. The largest absolute Gasteiger partial charge is 0.472 e. The monoisotopic (exact) mass is 327 g/mol. The summed E-state index contributed by atoms with van der Waals surface area (Å²) < 4.78 is 4.88. The summed E-state index contributed by atoms with van der Waals surface area (Å²) in [6.07, 6.45) is 6.15. The molecule has 1 aromatic rings. The molecule has 2 N–H and O–H groups in total. The van der Waals surface area contributed by atoms with Crippen LogP contribution < -0.4 is 10.6 Å². The number of hydrogen-bond acceptors (Lipinski definition) is 4. The van der Waals surface area contributed by atoms with Crippen molar-refractivity contribution in [2.24, 2.45) is 0 Å². The molecule has 122 valence electrons. The average Bonchev–Trinajstić information content (AvgIpc) is 3.07. The lowest BCUT2D eigenvalue weighted by Gasteiger charge is -2.27. The number of halogens is 1. The number of carbonyl (C=O) groups excluding carboxylic acids is 2. The molecule has 0 aromatic carbocycles. The second kappa shape index (κ2) is 7.15. The molecular weight excluding hydrogens is 306 g/mol. The van der Waals surface area contributed by atoms with Crippen molar-refractivity contribution in [2.45, 2.75) is 44.3 Å². The van der Waals surface area contributed by atoms with E-state index in [1.165, 1.54) is 18.9 Å². The fraction of sp³-hybridized carbons (Fsp3) is 0.600. The van der Waals surface area contributed by atoms with Gasteiger partial charge in [-0.1, -0.05) is 0 Å². The summed E-state index contributed by atoms with van der Waals surface area (Å²) in [5, 5.41) is 6.28. The molecule has 2 fully saturated rings. The summed E-state index contributed by atoms with van der Waals surface area (Å²) in [6.45, 7) is 3.23. The van der Waals surface area contributed by atoms with Gasteiger partial charge in [-0.25, -0.2) is 0 Å². The van der Waals surface area contributed by atoms with E-state index in [0.717, 1.165) is 25.9 Å². The molecule has 7 heteroatoms. The van der Waals surface area contributed by atoms with Gasteiger partial charge in [0.1, 0.15) is 12.3 Å². The molecule has 3 unspecified atom stereocenters. The van der Waals surface area contributed by atoms with Gasteiger partial charge in [0.25, 0.3) is 5.91 Å². The first kappa shape index (κ1) is 16.8. The molecule has 2 aliphatic heterocycles. The van der Waals surface area contributed by atoms with Crippen LogP contribution >= 0.6 is 12.4 Å². The minimum absolute atomic E-state index is 0. The van der Waals surface area contributed by atoms with Crippen molar-refractivity contribution >= 4 is 24.2 Å². The van der Waals surface area contributed by atoms with Gasteiger partial charge in [0, 0.05) is 25.2 Å². The van der Waals surface area contributed by atoms with Gasteiger partial charge in [-0.2, -0.15) is 0 Å². The number of hydrogen-bond donors (Lipinski definition) is 2. The Morgan fingerprint density at radius 3 is 2.86 bits per heavy atom. The molecule has 0 aliphatic carbocycles. The van der Waals surface area contributed by atoms with Crippen molar-refractivity contribution < 1.29 is 14.0 Å². The highest BCUT2D eigenvalue weighted by Crippen LogP contribution is 2.20. The van der Waals surface area contributed by atoms with Crippen LogP contribution in [0.25, 0.3) is 0 Å². The Balaban J connectivity index is 0.00000176. The van der Waals surface area contributed by atoms with Crippen LogP contribution in [0.15, 0.2) is 23.0 Å². The summed E-state index contributed by atoms with van der Waals surface area (Å²) in [5.41, 5.74) is 0.436. The highest BCUT2D eigenvalue weighted by Gasteiger charge is 2.32. The molecule has 0 radical (unpaired) electrons. The minimum Gasteiger partial charge on any atom is -0.472 e. The fourth-order valence-corrected chi connectivity index (χ4v) is 3.15. The number of nitrogens with one attached hydrogen (secondary N) is 2. The van der Waals surface area contributed by atoms with Crippen molar-refractivity contribution in [1.29, 1.82) is 0 Å². The van der Waals surface area contributed by atoms with Crippen LogP contribution in [0.4, 0.5) is 0 Å². The third-order valence-electron chi connectivity index (χ3n) is 4.34. The van der Waals surface area contributed by atoms with E-state index < -0.39 is 6.04 Å². The molecule has 22 heavy (non-hydrogen) atoms. The van der Waals surface area contributed by atoms with E-state index in [2.05, 4.69) is 10.6 Å². The number of carbonyl (C=O) groups is 2. The van der Waals surface area contributed by atoms with Crippen molar-refractivity contribution in [3.05, 3.63) is 24.2 Å². The third kappa shape index (κ3) is 3.62. The second-order valence-corrected chi connectivity index (χ2v) is 5.92. The zero-order chi connectivity index (χ0) is 14.8. The standard InChI is InChI=1S/C15H21N3O3.ClH/c1-10(16-14(19)11-5-7-21-9-11)15(20)18-6-4-12-2-3-13(8-18)17-12;/h5,7,9-10,12-13,17H,2-4,6,8H2,1H3,(H,16,19);1H. The Hall–Kier alpha value is -1.53. The number of furan rings is 1. The lowest BCUT2D eigenvalue weighted by Crippen LogP contribution is -2.49. The predicted octanol–water partition coefficient (Wildman–Crippen LogP) is 1.17. The van der Waals surface area contributed by atoms with E-state index in [9.17, 15) is 9.59 Å². The lowest BCUT2D eigenvalue weighted by atomic mass is 10.1. The van der Waals surface area contributed by atoms with Crippen LogP contribution in [0.3, 0.4) is 0 Å². The molecule has 0 saturated carbocycles. The van der Waals surface area contributed by atoms with Crippen LogP contribution in [0.1, 0.15) is 36.5 Å². The van der Waals surface area contributed by atoms with Crippen LogP contribution in [0.2, 0.25) is 0 Å². The summed E-state index contributed by atoms with van der Waals surface area (Å²) >= 11 is 0. The molecule has 6 nitrogen and oxygen atoms in total. The maximum Gasteiger partial charge on any atom is 0.255 e. The van der Waals surface area contributed by atoms with Gasteiger partial charge in [0.05, 0.1) is 11.8 Å². The first-order chi connectivity index (χ1) is 10.1. The highest BCUT2D eigenvalue weighted by molar-refractivity contribution is 5.97. The normalized spacial score (nSPS) is 25.0. The molecule has 0 spiro atoms. The molecule has 3 heterocycles. The van der Waals surface area contributed by atoms with Gasteiger partial charge in [0.15, 0.2) is 0 Å². The van der Waals surface area contributed by atoms with Gasteiger partial charge in [-0.05, 0) is 32.3 Å². The minimum atomic E-state index is -0.524. The quantitative estimate of drug-likeness (QED) is 0.874. The Kier molecular flexibility index (Phi) is 5.47. The molecule has 2 amide bonds. The molecule has 2 bridgehead atoms. The van der Waals surface area contributed by atoms with Crippen LogP contribution in [-0.4, -0.2) is 47.9 Å². The Morgan fingerprint density at radius 2 is 2.14 bits per heavy atom. The Bertz CT molecular complexity index is 520. The predicted molar refractivity (Wildman–Crippen MR) is 84.0 cm³/mol. The smallest absolute Gasteiger partial charge is 0.255 e. The molecular formula is C15H22ClN3O3. The molecule has 2 saturated heterocycles. The Labute approximate surface area is 136 Å². The van der Waals surface area contributed by atoms with E-state index in [4.69, 9.17) is 4.42 Å². The molecule has 3 atom stereocenters. The van der Waals surface area contributed by atoms with Crippen molar-refractivity contribution in [3.63, 3.8) is 0 Å². The summed E-state index contributed by atoms with van der Waals surface area (Å²) in [4.78, 5) is 26.3. The number of amides is 2. The lowest BCUT2D eigenvalue weighted by molar-refractivity contribution is -0.133. The third-order valence-corrected chi connectivity index (χ3v) is 4.34. The van der Waals surface area contributed by atoms with E-state index in [0.29, 0.717) is 17.6 Å². The van der Waals surface area contributed by atoms with Gasteiger partial charge in [-0.15, -0.1) is 12.4 Å². The van der Waals surface area contributed by atoms with Crippen molar-refractivity contribution in [3.8, 4) is 0 Å². The number of fused-ring (bicyclic) bond motifs is 2. The number of nitrogens with zero attached hydrogens (tertiary/aromatic N) is 1. The van der Waals surface area contributed by atoms with Gasteiger partial charge < -0.3 is 20.0 Å². The molecule has 3 rings (SSSR count). The summed E-state index contributed by atoms with van der Waals surface area (Å²) in [7, 11) is 0. The first-order valence-corrected chi connectivity index (χ1v) is 7.51. The van der Waals surface area contributed by atoms with E-state index >= 15 is 0 Å². The maximum atomic E-state index is 12.5. The fourth-order valence-electron chi connectivity index (χ4n) is 3.15. The van der Waals surface area contributed by atoms with Crippen molar-refractivity contribution in [2.75, 3.05) is 13.1 Å². The van der Waals surface area contributed by atoms with Crippen LogP contribution in [-0.2, 0) is 4.79 Å². The second-order valence-electron chi connectivity index (χ2n) is 5.92. The molecule has 1 aromatic heterocycles. The van der Waals surface area contributed by atoms with Crippen LogP contribution in [0.5, 0.6) is 0 Å². The number of rotatable bonds is 3. The first-order valence-electron chi connectivity index (χ1n) is 7.51. The Morgan fingerprint density at radius 1 is 1.36 bits per heavy atom. The van der Waals surface area contributed by atoms with Crippen molar-refractivity contribution in [1.82, 2.24) is 15.5 Å². The zero-order valence-electron chi connectivity index (χ0n) is 12.6. The number of likely N-dealkylation sites (tertiary alicyclic amines) is 1.